The standard InChI is InChI=1S/C14H15FO4.C11H11FO2.ClH.Na.H2O/c1-4-11(9-6-5-7-10(15)8-9)12(13(16)18-2)14(17)19-3;1-2-8(7-11(13)14)9-4-3-5-10(12)6-9;;;/h4-8,11-12H,1H2,2-3H3;2-6,8H,1,7H2,(H,13,14);1H;;1H2/q;;;+1;/p-1/t11-;8-;;;/m01.../s1. The molecule has 0 aliphatic carbocycles. The molecular weight excluding hydrogens is 509 g/mol. The van der Waals surface area contributed by atoms with Crippen molar-refractivity contribution in [2.24, 2.45) is 5.92 Å². The molecule has 2 N–H and O–H groups in total. The van der Waals surface area contributed by atoms with Gasteiger partial charge in [0.05, 0.1) is 20.6 Å². The molecule has 0 heterocycles. The van der Waals surface area contributed by atoms with Gasteiger partial charge in [-0.15, -0.1) is 25.6 Å². The first-order chi connectivity index (χ1) is 15.7. The van der Waals surface area contributed by atoms with Gasteiger partial charge in [0.2, 0.25) is 0 Å². The van der Waals surface area contributed by atoms with Crippen molar-refractivity contribution in [2.45, 2.75) is 18.3 Å². The number of benzene rings is 2. The molecule has 0 unspecified atom stereocenters. The minimum atomic E-state index is -1.20. The minimum Gasteiger partial charge on any atom is -0.870 e. The summed E-state index contributed by atoms with van der Waals surface area (Å²) in [5, 5.41) is 8.60. The summed E-state index contributed by atoms with van der Waals surface area (Å²) >= 11 is 0. The molecule has 2 aromatic carbocycles. The number of carboxylic acids is 1. The summed E-state index contributed by atoms with van der Waals surface area (Å²) in [7, 11) is 2.34. The van der Waals surface area contributed by atoms with Crippen LogP contribution in [0, 0.1) is 17.6 Å². The van der Waals surface area contributed by atoms with Gasteiger partial charge in [0.1, 0.15) is 11.6 Å². The Labute approximate surface area is 237 Å². The maximum absolute atomic E-state index is 13.2. The Morgan fingerprint density at radius 2 is 1.36 bits per heavy atom. The summed E-state index contributed by atoms with van der Waals surface area (Å²) in [5.74, 6) is -5.48. The Bertz CT molecular complexity index is 988. The summed E-state index contributed by atoms with van der Waals surface area (Å²) in [6.07, 6.45) is 2.85. The number of hydrogen-bond acceptors (Lipinski definition) is 6. The Morgan fingerprint density at radius 1 is 0.917 bits per heavy atom. The van der Waals surface area contributed by atoms with Crippen LogP contribution in [0.2, 0.25) is 0 Å². The van der Waals surface area contributed by atoms with Crippen molar-refractivity contribution in [3.05, 3.63) is 96.6 Å². The summed E-state index contributed by atoms with van der Waals surface area (Å²) in [6.45, 7) is 7.12. The predicted molar refractivity (Wildman–Crippen MR) is 128 cm³/mol. The van der Waals surface area contributed by atoms with E-state index in [4.69, 9.17) is 5.11 Å². The van der Waals surface area contributed by atoms with Crippen LogP contribution >= 0.6 is 12.4 Å². The number of carboxylic acid groups (broad SMARTS) is 1. The molecule has 36 heavy (non-hydrogen) atoms. The fourth-order valence-electron chi connectivity index (χ4n) is 3.08. The van der Waals surface area contributed by atoms with Crippen LogP contribution in [-0.4, -0.2) is 42.7 Å². The van der Waals surface area contributed by atoms with Crippen LogP contribution in [0.3, 0.4) is 0 Å². The van der Waals surface area contributed by atoms with Gasteiger partial charge in [0.15, 0.2) is 5.92 Å². The summed E-state index contributed by atoms with van der Waals surface area (Å²) in [4.78, 5) is 33.9. The number of hydrogen-bond donors (Lipinski definition) is 1. The van der Waals surface area contributed by atoms with Gasteiger partial charge in [0, 0.05) is 11.8 Å². The third-order valence-electron chi connectivity index (χ3n) is 4.71. The molecule has 11 heteroatoms. The number of allylic oxidation sites excluding steroid dienone is 2. The minimum absolute atomic E-state index is 0. The number of esters is 2. The van der Waals surface area contributed by atoms with Gasteiger partial charge in [-0.05, 0) is 35.4 Å². The molecule has 0 fully saturated rings. The van der Waals surface area contributed by atoms with Gasteiger partial charge in [-0.3, -0.25) is 14.4 Å². The van der Waals surface area contributed by atoms with Gasteiger partial charge >= 0.3 is 47.5 Å². The Kier molecular flexibility index (Phi) is 20.7. The van der Waals surface area contributed by atoms with E-state index in [1.54, 1.807) is 18.2 Å². The number of rotatable bonds is 9. The van der Waals surface area contributed by atoms with Crippen molar-refractivity contribution in [2.75, 3.05) is 14.2 Å². The van der Waals surface area contributed by atoms with Crippen LogP contribution in [0.15, 0.2) is 73.8 Å². The van der Waals surface area contributed by atoms with E-state index in [-0.39, 0.29) is 65.6 Å². The molecule has 0 bridgehead atoms. The van der Waals surface area contributed by atoms with Crippen LogP contribution in [0.4, 0.5) is 8.78 Å². The summed E-state index contributed by atoms with van der Waals surface area (Å²) in [5.41, 5.74) is 1.10. The van der Waals surface area contributed by atoms with Gasteiger partial charge in [-0.25, -0.2) is 8.78 Å². The fourth-order valence-corrected chi connectivity index (χ4v) is 3.08. The predicted octanol–water partition coefficient (Wildman–Crippen LogP) is 1.88. The van der Waals surface area contributed by atoms with E-state index in [2.05, 4.69) is 22.6 Å². The Balaban J connectivity index is -0.000000579. The molecule has 7 nitrogen and oxygen atoms in total. The number of carbonyl (C=O) groups excluding carboxylic acids is 2. The molecule has 2 rings (SSSR count). The molecule has 192 valence electrons. The zero-order chi connectivity index (χ0) is 25.0. The topological polar surface area (TPSA) is 120 Å². The molecule has 0 aliphatic heterocycles. The average Bonchev–Trinajstić information content (AvgIpc) is 2.80. The molecule has 0 aromatic heterocycles. The number of carbonyl (C=O) groups is 3. The molecule has 0 radical (unpaired) electrons. The van der Waals surface area contributed by atoms with E-state index < -0.39 is 35.6 Å². The van der Waals surface area contributed by atoms with Crippen LogP contribution in [-0.2, 0) is 23.9 Å². The SMILES string of the molecule is C=C[C@@H](c1cccc(F)c1)C(C(=O)OC)C(=O)OC.C=C[C@H](CC(=O)O)c1cccc(F)c1.Cl.[Na+].[OH-]. The van der Waals surface area contributed by atoms with E-state index in [1.165, 1.54) is 56.7 Å². The van der Waals surface area contributed by atoms with Crippen molar-refractivity contribution in [3.8, 4) is 0 Å². The van der Waals surface area contributed by atoms with E-state index in [0.717, 1.165) is 0 Å². The number of ether oxygens (including phenoxy) is 2. The zero-order valence-corrected chi connectivity index (χ0v) is 23.0. The fraction of sp³-hybridized carbons (Fsp3) is 0.240. The smallest absolute Gasteiger partial charge is 0.870 e. The van der Waals surface area contributed by atoms with Gasteiger partial charge in [-0.2, -0.15) is 0 Å². The monoisotopic (exact) mass is 536 g/mol. The van der Waals surface area contributed by atoms with Crippen molar-refractivity contribution in [1.82, 2.24) is 0 Å². The third-order valence-corrected chi connectivity index (χ3v) is 4.71. The second-order valence-electron chi connectivity index (χ2n) is 6.84. The Hall–Kier alpha value is -2.56. The number of aliphatic carboxylic acids is 1. The average molecular weight is 537 g/mol. The number of halogens is 3. The molecule has 0 saturated carbocycles. The molecular formula is C25H28ClF2NaO7. The van der Waals surface area contributed by atoms with Crippen molar-refractivity contribution in [1.29, 1.82) is 0 Å². The second-order valence-corrected chi connectivity index (χ2v) is 6.84. The summed E-state index contributed by atoms with van der Waals surface area (Å²) in [6, 6.07) is 11.5. The summed E-state index contributed by atoms with van der Waals surface area (Å²) < 4.78 is 35.2. The van der Waals surface area contributed by atoms with Crippen molar-refractivity contribution in [3.63, 3.8) is 0 Å². The zero-order valence-electron chi connectivity index (χ0n) is 20.2. The normalized spacial score (nSPS) is 10.9. The van der Waals surface area contributed by atoms with E-state index in [1.807, 2.05) is 0 Å². The molecule has 0 amide bonds. The van der Waals surface area contributed by atoms with Gasteiger partial charge < -0.3 is 20.1 Å². The first-order valence-electron chi connectivity index (χ1n) is 9.81. The second kappa shape index (κ2) is 19.6. The van der Waals surface area contributed by atoms with Gasteiger partial charge in [-0.1, -0.05) is 36.4 Å². The van der Waals surface area contributed by atoms with Crippen molar-refractivity contribution < 1.29 is 72.8 Å². The number of methoxy groups -OCH3 is 2. The third kappa shape index (κ3) is 11.9. The van der Waals surface area contributed by atoms with Crippen LogP contribution in [0.25, 0.3) is 0 Å². The van der Waals surface area contributed by atoms with Crippen LogP contribution in [0.1, 0.15) is 29.4 Å². The first-order valence-corrected chi connectivity index (χ1v) is 9.81. The van der Waals surface area contributed by atoms with E-state index in [9.17, 15) is 23.2 Å². The molecule has 0 aliphatic rings. The van der Waals surface area contributed by atoms with Gasteiger partial charge in [0.25, 0.3) is 0 Å². The first kappa shape index (κ1) is 38.0. The Morgan fingerprint density at radius 3 is 1.72 bits per heavy atom. The van der Waals surface area contributed by atoms with E-state index >= 15 is 0 Å². The van der Waals surface area contributed by atoms with E-state index in [0.29, 0.717) is 11.1 Å². The van der Waals surface area contributed by atoms with Crippen molar-refractivity contribution >= 4 is 30.3 Å². The maximum atomic E-state index is 13.2. The van der Waals surface area contributed by atoms with Crippen LogP contribution < -0.4 is 29.6 Å². The molecule has 0 spiro atoms. The van der Waals surface area contributed by atoms with Crippen LogP contribution in [0.5, 0.6) is 0 Å². The maximum Gasteiger partial charge on any atom is 1.00 e. The molecule has 2 aromatic rings. The molecule has 0 saturated heterocycles. The largest absolute Gasteiger partial charge is 1.00 e. The quantitative estimate of drug-likeness (QED) is 0.225. The molecule has 2 atom stereocenters.